The zero-order valence-electron chi connectivity index (χ0n) is 13.1. The van der Waals surface area contributed by atoms with Crippen molar-refractivity contribution < 1.29 is 9.50 Å². The molecule has 3 aromatic heterocycles. The average Bonchev–Trinajstić information content (AvgIpc) is 2.54. The summed E-state index contributed by atoms with van der Waals surface area (Å²) in [5, 5.41) is 10.2. The number of halogens is 1. The molecule has 0 unspecified atom stereocenters. The molecule has 3 heterocycles. The van der Waals surface area contributed by atoms with Crippen LogP contribution in [0.5, 0.6) is 5.75 Å². The summed E-state index contributed by atoms with van der Waals surface area (Å²) < 4.78 is 14.2. The lowest BCUT2D eigenvalue weighted by atomic mass is 10.1. The molecule has 8 heteroatoms. The Labute approximate surface area is 137 Å². The molecule has 7 nitrogen and oxygen atoms in total. The summed E-state index contributed by atoms with van der Waals surface area (Å²) in [6, 6.07) is 4.37. The lowest BCUT2D eigenvalue weighted by Gasteiger charge is -2.11. The van der Waals surface area contributed by atoms with Crippen molar-refractivity contribution in [3.8, 4) is 28.4 Å². The second-order valence-electron chi connectivity index (χ2n) is 5.26. The minimum absolute atomic E-state index is 0.0686. The van der Waals surface area contributed by atoms with Crippen LogP contribution >= 0.6 is 0 Å². The molecule has 0 aliphatic carbocycles. The molecule has 5 N–H and O–H groups in total. The van der Waals surface area contributed by atoms with Crippen LogP contribution in [0.4, 0.5) is 16.2 Å². The third-order valence-corrected chi connectivity index (χ3v) is 3.70. The standard InChI is InChI=1S/C16H15FN6O/c1-7-8(2)21-16(19)23-13(7)14-11(24)4-3-10(22-14)9-5-6-20-15(18)12(9)17/h3-6,24H,1-2H3,(H2,18,20)(H2,19,21,23). The Morgan fingerprint density at radius 1 is 1.00 bits per heavy atom. The van der Waals surface area contributed by atoms with E-state index in [0.29, 0.717) is 17.1 Å². The summed E-state index contributed by atoms with van der Waals surface area (Å²) in [7, 11) is 0. The predicted molar refractivity (Wildman–Crippen MR) is 88.4 cm³/mol. The van der Waals surface area contributed by atoms with E-state index in [1.54, 1.807) is 13.8 Å². The fourth-order valence-electron chi connectivity index (χ4n) is 2.31. The van der Waals surface area contributed by atoms with Gasteiger partial charge in [0.1, 0.15) is 17.1 Å². The summed E-state index contributed by atoms with van der Waals surface area (Å²) in [6.07, 6.45) is 1.39. The molecule has 0 radical (unpaired) electrons. The average molecular weight is 326 g/mol. The van der Waals surface area contributed by atoms with E-state index in [0.717, 1.165) is 5.56 Å². The number of aromatic nitrogens is 4. The van der Waals surface area contributed by atoms with E-state index in [1.807, 2.05) is 0 Å². The molecule has 0 aliphatic rings. The molecule has 0 aromatic carbocycles. The van der Waals surface area contributed by atoms with Crippen LogP contribution in [0.1, 0.15) is 11.3 Å². The molecule has 0 bridgehead atoms. The topological polar surface area (TPSA) is 124 Å². The van der Waals surface area contributed by atoms with Gasteiger partial charge in [0.2, 0.25) is 5.95 Å². The van der Waals surface area contributed by atoms with Gasteiger partial charge in [-0.25, -0.2) is 24.3 Å². The smallest absolute Gasteiger partial charge is 0.220 e. The van der Waals surface area contributed by atoms with Crippen LogP contribution in [0.25, 0.3) is 22.6 Å². The van der Waals surface area contributed by atoms with E-state index >= 15 is 0 Å². The fourth-order valence-corrected chi connectivity index (χ4v) is 2.31. The number of nitrogens with zero attached hydrogens (tertiary/aromatic N) is 4. The summed E-state index contributed by atoms with van der Waals surface area (Å²) in [6.45, 7) is 3.57. The Bertz CT molecular complexity index is 944. The van der Waals surface area contributed by atoms with Crippen LogP contribution in [-0.4, -0.2) is 25.0 Å². The van der Waals surface area contributed by atoms with Crippen LogP contribution in [-0.2, 0) is 0 Å². The molecule has 3 rings (SSSR count). The molecule has 0 saturated carbocycles. The van der Waals surface area contributed by atoms with Gasteiger partial charge in [-0.3, -0.25) is 0 Å². The molecule has 0 saturated heterocycles. The van der Waals surface area contributed by atoms with E-state index in [-0.39, 0.29) is 28.8 Å². The number of hydrogen-bond donors (Lipinski definition) is 3. The normalized spacial score (nSPS) is 10.8. The first-order valence-corrected chi connectivity index (χ1v) is 7.10. The predicted octanol–water partition coefficient (Wildman–Crippen LogP) is 2.23. The number of rotatable bonds is 2. The van der Waals surface area contributed by atoms with Gasteiger partial charge >= 0.3 is 0 Å². The highest BCUT2D eigenvalue weighted by molar-refractivity contribution is 5.72. The highest BCUT2D eigenvalue weighted by Gasteiger charge is 2.17. The maximum absolute atomic E-state index is 14.2. The Kier molecular flexibility index (Phi) is 3.72. The molecule has 0 spiro atoms. The van der Waals surface area contributed by atoms with Crippen molar-refractivity contribution in [1.29, 1.82) is 0 Å². The summed E-state index contributed by atoms with van der Waals surface area (Å²) >= 11 is 0. The van der Waals surface area contributed by atoms with Gasteiger partial charge in [-0.15, -0.1) is 0 Å². The van der Waals surface area contributed by atoms with Gasteiger partial charge in [0, 0.05) is 17.5 Å². The summed E-state index contributed by atoms with van der Waals surface area (Å²) in [4.78, 5) is 16.2. The third-order valence-electron chi connectivity index (χ3n) is 3.70. The monoisotopic (exact) mass is 326 g/mol. The van der Waals surface area contributed by atoms with Gasteiger partial charge in [0.25, 0.3) is 0 Å². The van der Waals surface area contributed by atoms with E-state index in [4.69, 9.17) is 11.5 Å². The first kappa shape index (κ1) is 15.6. The number of pyridine rings is 2. The number of aryl methyl sites for hydroxylation is 1. The van der Waals surface area contributed by atoms with E-state index in [2.05, 4.69) is 19.9 Å². The van der Waals surface area contributed by atoms with Crippen molar-refractivity contribution in [1.82, 2.24) is 19.9 Å². The number of nitrogens with two attached hydrogens (primary N) is 2. The zero-order valence-corrected chi connectivity index (χ0v) is 13.1. The van der Waals surface area contributed by atoms with E-state index in [1.165, 1.54) is 24.4 Å². The first-order chi connectivity index (χ1) is 11.4. The van der Waals surface area contributed by atoms with Crippen molar-refractivity contribution in [3.05, 3.63) is 41.5 Å². The SMILES string of the molecule is Cc1nc(N)nc(-c2nc(-c3ccnc(N)c3F)ccc2O)c1C. The lowest BCUT2D eigenvalue weighted by Crippen LogP contribution is -2.04. The Hall–Kier alpha value is -3.29. The van der Waals surface area contributed by atoms with Crippen molar-refractivity contribution >= 4 is 11.8 Å². The maximum Gasteiger partial charge on any atom is 0.220 e. The van der Waals surface area contributed by atoms with Crippen LogP contribution in [0.15, 0.2) is 24.4 Å². The molecule has 0 fully saturated rings. The van der Waals surface area contributed by atoms with Gasteiger partial charge in [0.15, 0.2) is 11.6 Å². The molecule has 24 heavy (non-hydrogen) atoms. The second-order valence-corrected chi connectivity index (χ2v) is 5.26. The molecule has 122 valence electrons. The van der Waals surface area contributed by atoms with Crippen LogP contribution < -0.4 is 11.5 Å². The minimum Gasteiger partial charge on any atom is -0.506 e. The van der Waals surface area contributed by atoms with Gasteiger partial charge in [-0.2, -0.15) is 0 Å². The Balaban J connectivity index is 2.23. The third kappa shape index (κ3) is 2.58. The highest BCUT2D eigenvalue weighted by Crippen LogP contribution is 2.33. The van der Waals surface area contributed by atoms with Crippen LogP contribution in [0.2, 0.25) is 0 Å². The Morgan fingerprint density at radius 2 is 1.75 bits per heavy atom. The summed E-state index contributed by atoms with van der Waals surface area (Å²) in [5.41, 5.74) is 13.6. The largest absolute Gasteiger partial charge is 0.506 e. The van der Waals surface area contributed by atoms with Crippen LogP contribution in [0, 0.1) is 19.7 Å². The van der Waals surface area contributed by atoms with Crippen molar-refractivity contribution in [2.24, 2.45) is 0 Å². The number of anilines is 2. The molecular formula is C16H15FN6O. The number of nitrogen functional groups attached to an aromatic ring is 2. The molecular weight excluding hydrogens is 311 g/mol. The van der Waals surface area contributed by atoms with E-state index < -0.39 is 5.82 Å². The van der Waals surface area contributed by atoms with Crippen molar-refractivity contribution in [2.75, 3.05) is 11.5 Å². The first-order valence-electron chi connectivity index (χ1n) is 7.10. The van der Waals surface area contributed by atoms with Gasteiger partial charge in [-0.1, -0.05) is 0 Å². The Morgan fingerprint density at radius 3 is 2.50 bits per heavy atom. The maximum atomic E-state index is 14.2. The fraction of sp³-hybridized carbons (Fsp3) is 0.125. The molecule has 3 aromatic rings. The minimum atomic E-state index is -0.670. The number of aromatic hydroxyl groups is 1. The van der Waals surface area contributed by atoms with Crippen molar-refractivity contribution in [3.63, 3.8) is 0 Å². The molecule has 0 atom stereocenters. The van der Waals surface area contributed by atoms with Crippen molar-refractivity contribution in [2.45, 2.75) is 13.8 Å². The zero-order chi connectivity index (χ0) is 17.4. The highest BCUT2D eigenvalue weighted by atomic mass is 19.1. The quantitative estimate of drug-likeness (QED) is 0.659. The molecule has 0 amide bonds. The lowest BCUT2D eigenvalue weighted by molar-refractivity contribution is 0.475. The summed E-state index contributed by atoms with van der Waals surface area (Å²) in [5.74, 6) is -0.917. The van der Waals surface area contributed by atoms with Gasteiger partial charge in [0.05, 0.1) is 5.69 Å². The van der Waals surface area contributed by atoms with Crippen LogP contribution in [0.3, 0.4) is 0 Å². The number of hydrogen-bond acceptors (Lipinski definition) is 7. The van der Waals surface area contributed by atoms with Gasteiger partial charge < -0.3 is 16.6 Å². The molecule has 0 aliphatic heterocycles. The second kappa shape index (κ2) is 5.73. The van der Waals surface area contributed by atoms with Gasteiger partial charge in [-0.05, 0) is 37.6 Å². The van der Waals surface area contributed by atoms with E-state index in [9.17, 15) is 9.50 Å².